The highest BCUT2D eigenvalue weighted by Gasteiger charge is 2.19. The minimum Gasteiger partial charge on any atom is -0.356 e. The predicted octanol–water partition coefficient (Wildman–Crippen LogP) is 5.63. The Balaban J connectivity index is 0.00000102. The molecule has 0 aliphatic rings. The van der Waals surface area contributed by atoms with Gasteiger partial charge < -0.3 is 9.51 Å². The molecule has 0 aliphatic heterocycles. The molecule has 0 spiro atoms. The summed E-state index contributed by atoms with van der Waals surface area (Å²) in [6.07, 6.45) is 0. The third kappa shape index (κ3) is 3.53. The summed E-state index contributed by atoms with van der Waals surface area (Å²) in [4.78, 5) is 15.7. The molecule has 0 saturated carbocycles. The van der Waals surface area contributed by atoms with Crippen LogP contribution in [-0.4, -0.2) is 10.1 Å². The van der Waals surface area contributed by atoms with Crippen molar-refractivity contribution in [3.05, 3.63) is 76.0 Å². The molecule has 0 bridgehead atoms. The number of H-pyrrole nitrogens is 1. The van der Waals surface area contributed by atoms with Crippen LogP contribution in [0.15, 0.2) is 57.8 Å². The molecule has 0 atom stereocenters. The van der Waals surface area contributed by atoms with Crippen molar-refractivity contribution in [3.8, 4) is 22.5 Å². The molecule has 27 heavy (non-hydrogen) atoms. The minimum atomic E-state index is -0.328. The highest BCUT2D eigenvalue weighted by Crippen LogP contribution is 2.35. The van der Waals surface area contributed by atoms with Gasteiger partial charge in [0.2, 0.25) is 0 Å². The van der Waals surface area contributed by atoms with Gasteiger partial charge >= 0.3 is 0 Å². The van der Waals surface area contributed by atoms with Gasteiger partial charge in [0.05, 0.1) is 11.3 Å². The first-order valence-corrected chi connectivity index (χ1v) is 8.89. The zero-order valence-corrected chi connectivity index (χ0v) is 15.8. The normalized spacial score (nSPS) is 10.6. The monoisotopic (exact) mass is 364 g/mol. The van der Waals surface area contributed by atoms with E-state index < -0.39 is 0 Å². The molecular formula is C22H21FN2O2. The number of nitrogens with zero attached hydrogens (tertiary/aromatic N) is 1. The Bertz CT molecular complexity index is 1140. The summed E-state index contributed by atoms with van der Waals surface area (Å²) in [6, 6.07) is 13.6. The van der Waals surface area contributed by atoms with E-state index in [2.05, 4.69) is 10.1 Å². The van der Waals surface area contributed by atoms with Crippen molar-refractivity contribution in [1.82, 2.24) is 10.1 Å². The van der Waals surface area contributed by atoms with E-state index in [1.165, 1.54) is 12.1 Å². The Morgan fingerprint density at radius 2 is 1.67 bits per heavy atom. The molecule has 4 rings (SSSR count). The molecule has 1 N–H and O–H groups in total. The van der Waals surface area contributed by atoms with Gasteiger partial charge in [0.1, 0.15) is 5.82 Å². The van der Waals surface area contributed by atoms with Gasteiger partial charge in [-0.05, 0) is 43.7 Å². The summed E-state index contributed by atoms with van der Waals surface area (Å²) in [5.41, 5.74) is 4.03. The van der Waals surface area contributed by atoms with Crippen molar-refractivity contribution >= 4 is 10.9 Å². The Morgan fingerprint density at radius 3 is 2.30 bits per heavy atom. The second-order valence-electron chi connectivity index (χ2n) is 6.09. The summed E-state index contributed by atoms with van der Waals surface area (Å²) in [5.74, 6) is 0.0626. The SMILES string of the molecule is CC.Cc1ccc2[nH]c(=O)c(-c3cc(C)no3)c(-c3ccc(F)cc3)c2c1. The summed E-state index contributed by atoms with van der Waals surface area (Å²) in [7, 11) is 0. The smallest absolute Gasteiger partial charge is 0.260 e. The number of aromatic amines is 1. The number of hydrogen-bond acceptors (Lipinski definition) is 3. The number of rotatable bonds is 2. The van der Waals surface area contributed by atoms with Crippen molar-refractivity contribution in [1.29, 1.82) is 0 Å². The number of benzene rings is 2. The molecule has 138 valence electrons. The lowest BCUT2D eigenvalue weighted by molar-refractivity contribution is 0.427. The summed E-state index contributed by atoms with van der Waals surface area (Å²) in [6.45, 7) is 7.78. The van der Waals surface area contributed by atoms with Crippen LogP contribution in [0, 0.1) is 19.7 Å². The number of nitrogens with one attached hydrogen (secondary N) is 1. The van der Waals surface area contributed by atoms with Crippen LogP contribution in [0.25, 0.3) is 33.4 Å². The molecule has 5 heteroatoms. The largest absolute Gasteiger partial charge is 0.356 e. The average Bonchev–Trinajstić information content (AvgIpc) is 3.09. The minimum absolute atomic E-state index is 0.271. The van der Waals surface area contributed by atoms with Crippen molar-refractivity contribution in [2.45, 2.75) is 27.7 Å². The molecule has 0 amide bonds. The molecule has 0 radical (unpaired) electrons. The van der Waals surface area contributed by atoms with E-state index in [1.54, 1.807) is 25.1 Å². The van der Waals surface area contributed by atoms with E-state index in [0.29, 0.717) is 22.6 Å². The lowest BCUT2D eigenvalue weighted by atomic mass is 9.94. The molecule has 0 fully saturated rings. The van der Waals surface area contributed by atoms with Crippen LogP contribution in [0.1, 0.15) is 25.1 Å². The second-order valence-corrected chi connectivity index (χ2v) is 6.09. The van der Waals surface area contributed by atoms with Gasteiger partial charge in [-0.25, -0.2) is 4.39 Å². The number of aromatic nitrogens is 2. The fourth-order valence-corrected chi connectivity index (χ4v) is 3.04. The van der Waals surface area contributed by atoms with Crippen LogP contribution >= 0.6 is 0 Å². The Hall–Kier alpha value is -3.21. The molecule has 2 aromatic carbocycles. The zero-order valence-electron chi connectivity index (χ0n) is 15.8. The highest BCUT2D eigenvalue weighted by atomic mass is 19.1. The van der Waals surface area contributed by atoms with E-state index in [0.717, 1.165) is 22.0 Å². The van der Waals surface area contributed by atoms with Gasteiger partial charge in [0, 0.05) is 22.5 Å². The maximum atomic E-state index is 13.4. The van der Waals surface area contributed by atoms with Gasteiger partial charge in [0.15, 0.2) is 5.76 Å². The zero-order chi connectivity index (χ0) is 19.6. The van der Waals surface area contributed by atoms with Crippen LogP contribution < -0.4 is 5.56 Å². The van der Waals surface area contributed by atoms with Gasteiger partial charge in [-0.3, -0.25) is 4.79 Å². The average molecular weight is 364 g/mol. The van der Waals surface area contributed by atoms with E-state index in [-0.39, 0.29) is 11.4 Å². The predicted molar refractivity (Wildman–Crippen MR) is 106 cm³/mol. The lowest BCUT2D eigenvalue weighted by Crippen LogP contribution is -2.11. The van der Waals surface area contributed by atoms with Crippen LogP contribution in [-0.2, 0) is 0 Å². The third-order valence-electron chi connectivity index (χ3n) is 4.18. The topological polar surface area (TPSA) is 58.9 Å². The van der Waals surface area contributed by atoms with Crippen molar-refractivity contribution in [2.75, 3.05) is 0 Å². The Morgan fingerprint density at radius 1 is 0.963 bits per heavy atom. The van der Waals surface area contributed by atoms with E-state index >= 15 is 0 Å². The maximum absolute atomic E-state index is 13.4. The fourth-order valence-electron chi connectivity index (χ4n) is 3.04. The van der Waals surface area contributed by atoms with Crippen LogP contribution in [0.3, 0.4) is 0 Å². The summed E-state index contributed by atoms with van der Waals surface area (Å²) < 4.78 is 18.7. The second kappa shape index (κ2) is 7.58. The van der Waals surface area contributed by atoms with Gasteiger partial charge in [-0.15, -0.1) is 0 Å². The number of fused-ring (bicyclic) bond motifs is 1. The molecule has 4 nitrogen and oxygen atoms in total. The van der Waals surface area contributed by atoms with Crippen molar-refractivity contribution < 1.29 is 8.91 Å². The highest BCUT2D eigenvalue weighted by molar-refractivity contribution is 6.01. The van der Waals surface area contributed by atoms with E-state index in [1.807, 2.05) is 39.0 Å². The number of aryl methyl sites for hydroxylation is 2. The first-order chi connectivity index (χ1) is 13.0. The first-order valence-electron chi connectivity index (χ1n) is 8.89. The molecular weight excluding hydrogens is 343 g/mol. The number of pyridine rings is 1. The van der Waals surface area contributed by atoms with Crippen molar-refractivity contribution in [3.63, 3.8) is 0 Å². The Labute approximate surface area is 156 Å². The van der Waals surface area contributed by atoms with Gasteiger partial charge in [-0.1, -0.05) is 42.8 Å². The van der Waals surface area contributed by atoms with Crippen molar-refractivity contribution in [2.24, 2.45) is 0 Å². The number of halogens is 1. The summed E-state index contributed by atoms with van der Waals surface area (Å²) in [5, 5.41) is 4.76. The molecule has 0 aliphatic carbocycles. The van der Waals surface area contributed by atoms with E-state index in [9.17, 15) is 9.18 Å². The molecule has 2 aromatic heterocycles. The van der Waals surface area contributed by atoms with E-state index in [4.69, 9.17) is 4.52 Å². The molecule has 0 saturated heterocycles. The van der Waals surface area contributed by atoms with Crippen LogP contribution in [0.2, 0.25) is 0 Å². The van der Waals surface area contributed by atoms with Crippen LogP contribution in [0.5, 0.6) is 0 Å². The number of hydrogen-bond donors (Lipinski definition) is 1. The standard InChI is InChI=1S/C20H15FN2O2.C2H6/c1-11-3-8-16-15(9-11)18(13-4-6-14(21)7-5-13)19(20(24)22-16)17-10-12(2)23-25-17;1-2/h3-10H,1-2H3,(H,22,24);1-2H3. The van der Waals surface area contributed by atoms with Gasteiger partial charge in [0.25, 0.3) is 5.56 Å². The first kappa shape index (κ1) is 18.6. The molecule has 0 unspecified atom stereocenters. The Kier molecular flexibility index (Phi) is 5.21. The van der Waals surface area contributed by atoms with Gasteiger partial charge in [-0.2, -0.15) is 0 Å². The third-order valence-corrected chi connectivity index (χ3v) is 4.18. The maximum Gasteiger partial charge on any atom is 0.260 e. The summed E-state index contributed by atoms with van der Waals surface area (Å²) >= 11 is 0. The lowest BCUT2D eigenvalue weighted by Gasteiger charge is -2.12. The molecule has 2 heterocycles. The fraction of sp³-hybridized carbons (Fsp3) is 0.182. The quantitative estimate of drug-likeness (QED) is 0.501. The molecule has 4 aromatic rings. The van der Waals surface area contributed by atoms with Crippen LogP contribution in [0.4, 0.5) is 4.39 Å².